The van der Waals surface area contributed by atoms with Crippen LogP contribution in [-0.4, -0.2) is 17.0 Å². The minimum absolute atomic E-state index is 0.118. The van der Waals surface area contributed by atoms with Crippen LogP contribution < -0.4 is 5.32 Å². The number of aryl methyl sites for hydroxylation is 1. The minimum Gasteiger partial charge on any atom is -0.308 e. The quantitative estimate of drug-likeness (QED) is 0.880. The van der Waals surface area contributed by atoms with Gasteiger partial charge in [-0.3, -0.25) is 0 Å². The van der Waals surface area contributed by atoms with Gasteiger partial charge in [0.25, 0.3) is 0 Å². The monoisotopic (exact) mass is 231 g/mol. The lowest BCUT2D eigenvalue weighted by Crippen LogP contribution is -2.19. The molecule has 1 N–H and O–H groups in total. The van der Waals surface area contributed by atoms with Crippen molar-refractivity contribution in [3.8, 4) is 0 Å². The summed E-state index contributed by atoms with van der Waals surface area (Å²) in [7, 11) is 1.82. The fourth-order valence-corrected chi connectivity index (χ4v) is 1.75. The largest absolute Gasteiger partial charge is 0.308 e. The Morgan fingerprint density at radius 1 is 1.29 bits per heavy atom. The molecule has 4 heteroatoms. The van der Waals surface area contributed by atoms with Gasteiger partial charge in [-0.2, -0.15) is 0 Å². The molecule has 1 aromatic heterocycles. The van der Waals surface area contributed by atoms with Crippen LogP contribution in [0.3, 0.4) is 0 Å². The highest BCUT2D eigenvalue weighted by atomic mass is 19.1. The number of benzene rings is 1. The number of nitrogens with zero attached hydrogens (tertiary/aromatic N) is 2. The standard InChI is InChI=1S/C13H14FN3/c1-9-3-4-10(7-11(9)14)13(15-2)12-5-6-16-8-17-12/h3-8,13,15H,1-2H3. The molecule has 0 fully saturated rings. The van der Waals surface area contributed by atoms with Crippen molar-refractivity contribution in [3.05, 3.63) is 59.4 Å². The topological polar surface area (TPSA) is 37.8 Å². The Kier molecular flexibility index (Phi) is 3.44. The van der Waals surface area contributed by atoms with Crippen LogP contribution in [0.2, 0.25) is 0 Å². The summed E-state index contributed by atoms with van der Waals surface area (Å²) in [6.07, 6.45) is 3.17. The first-order chi connectivity index (χ1) is 8.22. The lowest BCUT2D eigenvalue weighted by atomic mass is 10.0. The van der Waals surface area contributed by atoms with Crippen molar-refractivity contribution in [1.82, 2.24) is 15.3 Å². The maximum Gasteiger partial charge on any atom is 0.126 e. The van der Waals surface area contributed by atoms with Gasteiger partial charge in [-0.15, -0.1) is 0 Å². The normalized spacial score (nSPS) is 12.4. The van der Waals surface area contributed by atoms with Gasteiger partial charge >= 0.3 is 0 Å². The molecule has 0 aliphatic heterocycles. The predicted molar refractivity (Wildman–Crippen MR) is 64.1 cm³/mol. The molecule has 0 radical (unpaired) electrons. The van der Waals surface area contributed by atoms with Gasteiger partial charge in [-0.05, 0) is 37.2 Å². The zero-order valence-corrected chi connectivity index (χ0v) is 9.81. The third-order valence-electron chi connectivity index (χ3n) is 2.72. The SMILES string of the molecule is CNC(c1ccc(C)c(F)c1)c1ccncn1. The van der Waals surface area contributed by atoms with E-state index < -0.39 is 0 Å². The van der Waals surface area contributed by atoms with Crippen LogP contribution in [0.4, 0.5) is 4.39 Å². The van der Waals surface area contributed by atoms with Crippen molar-refractivity contribution >= 4 is 0 Å². The predicted octanol–water partition coefficient (Wildman–Crippen LogP) is 2.23. The molecule has 1 aromatic carbocycles. The van der Waals surface area contributed by atoms with Crippen molar-refractivity contribution < 1.29 is 4.39 Å². The van der Waals surface area contributed by atoms with E-state index >= 15 is 0 Å². The van der Waals surface area contributed by atoms with E-state index in [4.69, 9.17) is 0 Å². The van der Waals surface area contributed by atoms with Crippen molar-refractivity contribution in [2.45, 2.75) is 13.0 Å². The lowest BCUT2D eigenvalue weighted by Gasteiger charge is -2.16. The van der Waals surface area contributed by atoms with Crippen molar-refractivity contribution in [3.63, 3.8) is 0 Å². The highest BCUT2D eigenvalue weighted by molar-refractivity contribution is 5.30. The van der Waals surface area contributed by atoms with Crippen LogP contribution in [0.1, 0.15) is 22.9 Å². The molecular formula is C13H14FN3. The van der Waals surface area contributed by atoms with E-state index in [0.717, 1.165) is 11.3 Å². The molecule has 1 atom stereocenters. The first kappa shape index (κ1) is 11.7. The zero-order chi connectivity index (χ0) is 12.3. The van der Waals surface area contributed by atoms with Crippen LogP contribution in [-0.2, 0) is 0 Å². The number of aromatic nitrogens is 2. The average molecular weight is 231 g/mol. The van der Waals surface area contributed by atoms with Gasteiger partial charge in [0.2, 0.25) is 0 Å². The maximum absolute atomic E-state index is 13.5. The average Bonchev–Trinajstić information content (AvgIpc) is 2.36. The Morgan fingerprint density at radius 2 is 2.12 bits per heavy atom. The molecule has 0 saturated carbocycles. The molecular weight excluding hydrogens is 217 g/mol. The van der Waals surface area contributed by atoms with E-state index in [2.05, 4.69) is 15.3 Å². The van der Waals surface area contributed by atoms with Gasteiger partial charge in [0, 0.05) is 6.20 Å². The molecule has 2 aromatic rings. The second-order valence-electron chi connectivity index (χ2n) is 3.86. The maximum atomic E-state index is 13.5. The molecule has 1 unspecified atom stereocenters. The highest BCUT2D eigenvalue weighted by Gasteiger charge is 2.14. The number of hydrogen-bond acceptors (Lipinski definition) is 3. The summed E-state index contributed by atoms with van der Waals surface area (Å²) in [6, 6.07) is 6.92. The Bertz CT molecular complexity index is 499. The van der Waals surface area contributed by atoms with Crippen molar-refractivity contribution in [2.75, 3.05) is 7.05 Å². The zero-order valence-electron chi connectivity index (χ0n) is 9.81. The minimum atomic E-state index is -0.197. The van der Waals surface area contributed by atoms with Gasteiger partial charge in [-0.25, -0.2) is 14.4 Å². The van der Waals surface area contributed by atoms with Crippen molar-refractivity contribution in [2.24, 2.45) is 0 Å². The Labute approximate surface area is 99.7 Å². The van der Waals surface area contributed by atoms with Gasteiger partial charge in [0.1, 0.15) is 12.1 Å². The second kappa shape index (κ2) is 5.01. The molecule has 2 rings (SSSR count). The summed E-state index contributed by atoms with van der Waals surface area (Å²) in [5.74, 6) is -0.197. The van der Waals surface area contributed by atoms with Crippen molar-refractivity contribution in [1.29, 1.82) is 0 Å². The summed E-state index contributed by atoms with van der Waals surface area (Å²) in [6.45, 7) is 1.75. The molecule has 0 saturated heterocycles. The van der Waals surface area contributed by atoms with Crippen LogP contribution in [0.15, 0.2) is 36.8 Å². The van der Waals surface area contributed by atoms with Crippen LogP contribution in [0, 0.1) is 12.7 Å². The van der Waals surface area contributed by atoms with E-state index in [9.17, 15) is 4.39 Å². The summed E-state index contributed by atoms with van der Waals surface area (Å²) < 4.78 is 13.5. The first-order valence-corrected chi connectivity index (χ1v) is 5.41. The van der Waals surface area contributed by atoms with Gasteiger partial charge in [-0.1, -0.05) is 12.1 Å². The molecule has 1 heterocycles. The molecule has 0 aliphatic carbocycles. The molecule has 88 valence electrons. The van der Waals surface area contributed by atoms with E-state index in [1.54, 1.807) is 25.3 Å². The summed E-state index contributed by atoms with van der Waals surface area (Å²) in [5.41, 5.74) is 2.33. The van der Waals surface area contributed by atoms with Crippen LogP contribution in [0.25, 0.3) is 0 Å². The Hall–Kier alpha value is -1.81. The smallest absolute Gasteiger partial charge is 0.126 e. The Morgan fingerprint density at radius 3 is 2.71 bits per heavy atom. The summed E-state index contributed by atoms with van der Waals surface area (Å²) in [5, 5.41) is 3.12. The number of rotatable bonds is 3. The Balaban J connectivity index is 2.39. The molecule has 17 heavy (non-hydrogen) atoms. The lowest BCUT2D eigenvalue weighted by molar-refractivity contribution is 0.605. The summed E-state index contributed by atoms with van der Waals surface area (Å²) in [4.78, 5) is 8.06. The molecule has 0 bridgehead atoms. The fourth-order valence-electron chi connectivity index (χ4n) is 1.75. The van der Waals surface area contributed by atoms with Gasteiger partial charge in [0.15, 0.2) is 0 Å². The van der Waals surface area contributed by atoms with Crippen LogP contribution in [0.5, 0.6) is 0 Å². The third kappa shape index (κ3) is 2.47. The van der Waals surface area contributed by atoms with Gasteiger partial charge in [0.05, 0.1) is 11.7 Å². The molecule has 0 aliphatic rings. The summed E-state index contributed by atoms with van der Waals surface area (Å²) >= 11 is 0. The molecule has 0 spiro atoms. The van der Waals surface area contributed by atoms with E-state index in [1.807, 2.05) is 19.2 Å². The molecule has 0 amide bonds. The number of hydrogen-bond donors (Lipinski definition) is 1. The van der Waals surface area contributed by atoms with E-state index in [1.165, 1.54) is 6.33 Å². The highest BCUT2D eigenvalue weighted by Crippen LogP contribution is 2.21. The van der Waals surface area contributed by atoms with Crippen LogP contribution >= 0.6 is 0 Å². The molecule has 3 nitrogen and oxygen atoms in total. The van der Waals surface area contributed by atoms with E-state index in [0.29, 0.717) is 5.56 Å². The second-order valence-corrected chi connectivity index (χ2v) is 3.86. The first-order valence-electron chi connectivity index (χ1n) is 5.41. The number of halogens is 1. The van der Waals surface area contributed by atoms with E-state index in [-0.39, 0.29) is 11.9 Å². The number of nitrogens with one attached hydrogen (secondary N) is 1. The van der Waals surface area contributed by atoms with Gasteiger partial charge < -0.3 is 5.32 Å². The third-order valence-corrected chi connectivity index (χ3v) is 2.72. The fraction of sp³-hybridized carbons (Fsp3) is 0.231.